The molecule has 4 rings (SSSR count). The van der Waals surface area contributed by atoms with Gasteiger partial charge in [-0.3, -0.25) is 9.59 Å². The maximum absolute atomic E-state index is 12.7. The second-order valence-electron chi connectivity index (χ2n) is 8.96. The molecule has 2 fully saturated rings. The lowest BCUT2D eigenvalue weighted by atomic mass is 9.91. The summed E-state index contributed by atoms with van der Waals surface area (Å²) in [5.74, 6) is -0.121. The number of benzene rings is 1. The van der Waals surface area contributed by atoms with Crippen molar-refractivity contribution in [1.29, 1.82) is 0 Å². The fourth-order valence-electron chi connectivity index (χ4n) is 4.52. The van der Waals surface area contributed by atoms with Crippen molar-refractivity contribution in [3.8, 4) is 0 Å². The number of carbonyl (C=O) groups is 2. The summed E-state index contributed by atoms with van der Waals surface area (Å²) >= 11 is 0. The smallest absolute Gasteiger partial charge is 0.273 e. The van der Waals surface area contributed by atoms with Crippen molar-refractivity contribution in [1.82, 2.24) is 25.2 Å². The number of amides is 2. The molecule has 2 aromatic rings. The summed E-state index contributed by atoms with van der Waals surface area (Å²) in [6, 6.07) is 8.14. The molecule has 0 radical (unpaired) electrons. The zero-order valence-corrected chi connectivity index (χ0v) is 18.1. The molecule has 1 aliphatic carbocycles. The van der Waals surface area contributed by atoms with E-state index in [2.05, 4.69) is 15.6 Å². The number of aryl methyl sites for hydroxylation is 1. The maximum Gasteiger partial charge on any atom is 0.273 e. The van der Waals surface area contributed by atoms with Gasteiger partial charge in [-0.2, -0.15) is 0 Å². The highest BCUT2D eigenvalue weighted by Gasteiger charge is 2.35. The predicted octanol–water partition coefficient (Wildman–Crippen LogP) is 1.86. The maximum atomic E-state index is 12.7. The van der Waals surface area contributed by atoms with Gasteiger partial charge < -0.3 is 15.3 Å². The van der Waals surface area contributed by atoms with Crippen LogP contribution in [0.4, 0.5) is 0 Å². The van der Waals surface area contributed by atoms with Crippen molar-refractivity contribution in [3.63, 3.8) is 0 Å². The molecular weight excluding hydrogens is 394 g/mol. The van der Waals surface area contributed by atoms with Crippen molar-refractivity contribution in [2.24, 2.45) is 0 Å². The zero-order valence-electron chi connectivity index (χ0n) is 18.1. The number of nitrogens with one attached hydrogen (secondary N) is 1. The third-order valence-corrected chi connectivity index (χ3v) is 6.57. The first-order valence-electron chi connectivity index (χ1n) is 11.2. The Morgan fingerprint density at radius 3 is 2.61 bits per heavy atom. The number of likely N-dealkylation sites (tertiary alicyclic amines) is 1. The second kappa shape index (κ2) is 9.18. The number of rotatable bonds is 6. The van der Waals surface area contributed by atoms with Crippen molar-refractivity contribution >= 4 is 11.8 Å². The van der Waals surface area contributed by atoms with Crippen LogP contribution in [0.1, 0.15) is 60.1 Å². The number of hydrogen-bond donors (Lipinski definition) is 2. The van der Waals surface area contributed by atoms with Crippen molar-refractivity contribution in [2.45, 2.75) is 70.1 Å². The highest BCUT2D eigenvalue weighted by molar-refractivity contribution is 5.92. The van der Waals surface area contributed by atoms with Gasteiger partial charge in [0.05, 0.1) is 24.8 Å². The first-order chi connectivity index (χ1) is 14.9. The van der Waals surface area contributed by atoms with Gasteiger partial charge in [0.15, 0.2) is 5.69 Å². The number of nitrogens with zero attached hydrogens (tertiary/aromatic N) is 4. The Kier molecular flexibility index (Phi) is 6.36. The molecule has 1 aromatic carbocycles. The molecule has 2 aliphatic rings. The van der Waals surface area contributed by atoms with E-state index < -0.39 is 5.60 Å². The molecular formula is C23H31N5O3. The minimum absolute atomic E-state index is 0.0861. The van der Waals surface area contributed by atoms with Crippen LogP contribution < -0.4 is 5.32 Å². The standard InChI is InChI=1S/C23H31N5O3/c1-17-6-2-3-7-18(17)14-21(29)27-12-10-23(31,11-13-27)16-28-15-20(25-26-28)22(30)24-19-8-4-5-9-19/h2-3,6-7,15,19,31H,4-5,8-14,16H2,1H3,(H,24,30). The summed E-state index contributed by atoms with van der Waals surface area (Å²) in [5.41, 5.74) is 1.47. The number of aromatic nitrogens is 3. The topological polar surface area (TPSA) is 100 Å². The quantitative estimate of drug-likeness (QED) is 0.736. The van der Waals surface area contributed by atoms with Gasteiger partial charge >= 0.3 is 0 Å². The van der Waals surface area contributed by atoms with E-state index in [0.717, 1.165) is 36.8 Å². The average Bonchev–Trinajstić information content (AvgIpc) is 3.42. The van der Waals surface area contributed by atoms with E-state index in [1.807, 2.05) is 36.1 Å². The molecule has 1 saturated carbocycles. The first-order valence-corrected chi connectivity index (χ1v) is 11.2. The minimum Gasteiger partial charge on any atom is -0.388 e. The molecule has 2 amide bonds. The molecule has 31 heavy (non-hydrogen) atoms. The van der Waals surface area contributed by atoms with Crippen LogP contribution >= 0.6 is 0 Å². The van der Waals surface area contributed by atoms with E-state index in [-0.39, 0.29) is 30.1 Å². The van der Waals surface area contributed by atoms with Gasteiger partial charge in [-0.15, -0.1) is 5.10 Å². The molecule has 8 nitrogen and oxygen atoms in total. The third-order valence-electron chi connectivity index (χ3n) is 6.57. The van der Waals surface area contributed by atoms with Gasteiger partial charge in [-0.25, -0.2) is 4.68 Å². The van der Waals surface area contributed by atoms with Gasteiger partial charge in [0, 0.05) is 19.1 Å². The summed E-state index contributed by atoms with van der Waals surface area (Å²) in [4.78, 5) is 26.8. The van der Waals surface area contributed by atoms with Crippen LogP contribution in [0.15, 0.2) is 30.5 Å². The Morgan fingerprint density at radius 2 is 1.90 bits per heavy atom. The lowest BCUT2D eigenvalue weighted by Gasteiger charge is -2.38. The Balaban J connectivity index is 1.28. The largest absolute Gasteiger partial charge is 0.388 e. The number of hydrogen-bond acceptors (Lipinski definition) is 5. The normalized spacial score (nSPS) is 18.8. The predicted molar refractivity (Wildman–Crippen MR) is 115 cm³/mol. The average molecular weight is 426 g/mol. The lowest BCUT2D eigenvalue weighted by molar-refractivity contribution is -0.135. The molecule has 1 aromatic heterocycles. The van der Waals surface area contributed by atoms with E-state index in [1.165, 1.54) is 4.68 Å². The fourth-order valence-corrected chi connectivity index (χ4v) is 4.52. The number of carbonyl (C=O) groups excluding carboxylic acids is 2. The summed E-state index contributed by atoms with van der Waals surface area (Å²) in [7, 11) is 0. The van der Waals surface area contributed by atoms with Crippen LogP contribution in [0, 0.1) is 6.92 Å². The third kappa shape index (κ3) is 5.31. The summed E-state index contributed by atoms with van der Waals surface area (Å²) in [6.07, 6.45) is 7.24. The van der Waals surface area contributed by atoms with Gasteiger partial charge in [-0.05, 0) is 43.7 Å². The highest BCUT2D eigenvalue weighted by Crippen LogP contribution is 2.25. The lowest BCUT2D eigenvalue weighted by Crippen LogP contribution is -2.49. The second-order valence-corrected chi connectivity index (χ2v) is 8.96. The molecule has 2 N–H and O–H groups in total. The van der Waals surface area contributed by atoms with Crippen molar-refractivity contribution < 1.29 is 14.7 Å². The zero-order chi connectivity index (χ0) is 21.8. The van der Waals surface area contributed by atoms with Crippen molar-refractivity contribution in [2.75, 3.05) is 13.1 Å². The van der Waals surface area contributed by atoms with Crippen LogP contribution in [0.25, 0.3) is 0 Å². The molecule has 0 bridgehead atoms. The number of piperidine rings is 1. The molecule has 1 saturated heterocycles. The fraction of sp³-hybridized carbons (Fsp3) is 0.565. The van der Waals surface area contributed by atoms with E-state index in [0.29, 0.717) is 32.4 Å². The van der Waals surface area contributed by atoms with Crippen LogP contribution in [0.5, 0.6) is 0 Å². The van der Waals surface area contributed by atoms with E-state index >= 15 is 0 Å². The Hall–Kier alpha value is -2.74. The molecule has 2 heterocycles. The Labute approximate surface area is 182 Å². The molecule has 0 unspecified atom stereocenters. The SMILES string of the molecule is Cc1ccccc1CC(=O)N1CCC(O)(Cn2cc(C(=O)NC3CCCC3)nn2)CC1. The monoisotopic (exact) mass is 425 g/mol. The summed E-state index contributed by atoms with van der Waals surface area (Å²) < 4.78 is 1.54. The summed E-state index contributed by atoms with van der Waals surface area (Å²) in [6.45, 7) is 3.28. The number of aliphatic hydroxyl groups is 1. The van der Waals surface area contributed by atoms with Crippen LogP contribution in [0.3, 0.4) is 0 Å². The first kappa shape index (κ1) is 21.5. The minimum atomic E-state index is -0.966. The van der Waals surface area contributed by atoms with Crippen molar-refractivity contribution in [3.05, 3.63) is 47.3 Å². The van der Waals surface area contributed by atoms with E-state index in [1.54, 1.807) is 6.20 Å². The molecule has 166 valence electrons. The Morgan fingerprint density at radius 1 is 1.19 bits per heavy atom. The van der Waals surface area contributed by atoms with Gasteiger partial charge in [-0.1, -0.05) is 42.3 Å². The van der Waals surface area contributed by atoms with Gasteiger partial charge in [0.2, 0.25) is 5.91 Å². The molecule has 1 aliphatic heterocycles. The van der Waals surface area contributed by atoms with Crippen LogP contribution in [0.2, 0.25) is 0 Å². The Bertz CT molecular complexity index is 927. The van der Waals surface area contributed by atoms with Crippen LogP contribution in [-0.4, -0.2) is 61.5 Å². The molecule has 8 heteroatoms. The molecule has 0 spiro atoms. The summed E-state index contributed by atoms with van der Waals surface area (Å²) in [5, 5.41) is 22.0. The van der Waals surface area contributed by atoms with Crippen LogP contribution in [-0.2, 0) is 17.8 Å². The molecule has 0 atom stereocenters. The van der Waals surface area contributed by atoms with E-state index in [4.69, 9.17) is 0 Å². The van der Waals surface area contributed by atoms with Gasteiger partial charge in [0.1, 0.15) is 0 Å². The van der Waals surface area contributed by atoms with Gasteiger partial charge in [0.25, 0.3) is 5.91 Å². The van der Waals surface area contributed by atoms with E-state index in [9.17, 15) is 14.7 Å². The highest BCUT2D eigenvalue weighted by atomic mass is 16.3.